The quantitative estimate of drug-likeness (QED) is 0.221. The first-order valence-electron chi connectivity index (χ1n) is 12.6. The predicted molar refractivity (Wildman–Crippen MR) is 156 cm³/mol. The van der Waals surface area contributed by atoms with Gasteiger partial charge in [0.1, 0.15) is 23.3 Å². The van der Waals surface area contributed by atoms with Crippen LogP contribution in [0.2, 0.25) is 0 Å². The average Bonchev–Trinajstić information content (AvgIpc) is 2.88. The second-order valence-electron chi connectivity index (χ2n) is 9.66. The van der Waals surface area contributed by atoms with Crippen molar-refractivity contribution in [2.45, 2.75) is 60.1 Å². The molecule has 0 saturated carbocycles. The standard InChI is InChI=1S/C30H34N4O2S2/c1-19(2)13-15-35-27-23(17-31)24(18-32)28(36-16-14-20(3)4)30(38-26-8-6-5-7-25(26)34)29(27)37-22-11-9-21(33)10-12-22/h5-12,19-20H,13-16,33-34H2,1-4H3. The number of nitriles is 2. The van der Waals surface area contributed by atoms with E-state index in [1.165, 1.54) is 23.5 Å². The Balaban J connectivity index is 2.29. The maximum atomic E-state index is 10.2. The summed E-state index contributed by atoms with van der Waals surface area (Å²) in [5.74, 6) is 1.60. The molecule has 0 aliphatic carbocycles. The van der Waals surface area contributed by atoms with Crippen LogP contribution in [-0.4, -0.2) is 13.2 Å². The summed E-state index contributed by atoms with van der Waals surface area (Å²) in [6, 6.07) is 19.5. The highest BCUT2D eigenvalue weighted by molar-refractivity contribution is 8.02. The largest absolute Gasteiger partial charge is 0.491 e. The molecule has 0 atom stereocenters. The Morgan fingerprint density at radius 1 is 0.737 bits per heavy atom. The van der Waals surface area contributed by atoms with Gasteiger partial charge in [0.25, 0.3) is 0 Å². The van der Waals surface area contributed by atoms with Gasteiger partial charge in [-0.25, -0.2) is 0 Å². The number of para-hydroxylation sites is 1. The molecule has 3 aromatic rings. The van der Waals surface area contributed by atoms with E-state index in [4.69, 9.17) is 20.9 Å². The molecule has 3 aromatic carbocycles. The molecule has 0 saturated heterocycles. The van der Waals surface area contributed by atoms with Crippen LogP contribution in [-0.2, 0) is 0 Å². The van der Waals surface area contributed by atoms with E-state index in [1.54, 1.807) is 0 Å². The lowest BCUT2D eigenvalue weighted by atomic mass is 10.1. The summed E-state index contributed by atoms with van der Waals surface area (Å²) in [7, 11) is 0. The number of benzene rings is 3. The van der Waals surface area contributed by atoms with Crippen molar-refractivity contribution in [3.05, 3.63) is 59.7 Å². The minimum absolute atomic E-state index is 0.175. The van der Waals surface area contributed by atoms with Crippen LogP contribution in [0.1, 0.15) is 51.7 Å². The molecule has 4 N–H and O–H groups in total. The Morgan fingerprint density at radius 3 is 1.71 bits per heavy atom. The summed E-state index contributed by atoms with van der Waals surface area (Å²) in [4.78, 5) is 3.14. The van der Waals surface area contributed by atoms with E-state index < -0.39 is 0 Å². The SMILES string of the molecule is CC(C)CCOc1c(C#N)c(C#N)c(OCCC(C)C)c(Sc2ccccc2N)c1Sc1ccc(N)cc1. The Morgan fingerprint density at radius 2 is 1.24 bits per heavy atom. The lowest BCUT2D eigenvalue weighted by Crippen LogP contribution is -2.09. The highest BCUT2D eigenvalue weighted by Gasteiger charge is 2.29. The van der Waals surface area contributed by atoms with Gasteiger partial charge in [-0.1, -0.05) is 63.4 Å². The maximum absolute atomic E-state index is 10.2. The molecule has 6 nitrogen and oxygen atoms in total. The van der Waals surface area contributed by atoms with Gasteiger partial charge >= 0.3 is 0 Å². The van der Waals surface area contributed by atoms with Gasteiger partial charge in [-0.05, 0) is 61.1 Å². The van der Waals surface area contributed by atoms with Gasteiger partial charge in [0.15, 0.2) is 11.5 Å². The summed E-state index contributed by atoms with van der Waals surface area (Å²) in [6.45, 7) is 9.29. The Bertz CT molecular complexity index is 1330. The molecule has 0 radical (unpaired) electrons. The first-order chi connectivity index (χ1) is 18.2. The van der Waals surface area contributed by atoms with E-state index in [0.717, 1.165) is 22.6 Å². The zero-order chi connectivity index (χ0) is 27.7. The molecule has 0 spiro atoms. The number of nitrogen functional groups attached to an aromatic ring is 2. The normalized spacial score (nSPS) is 10.8. The molecule has 198 valence electrons. The van der Waals surface area contributed by atoms with E-state index in [-0.39, 0.29) is 11.1 Å². The molecular weight excluding hydrogens is 512 g/mol. The third-order valence-corrected chi connectivity index (χ3v) is 8.08. The van der Waals surface area contributed by atoms with E-state index in [1.807, 2.05) is 48.5 Å². The fourth-order valence-electron chi connectivity index (χ4n) is 3.47. The number of nitrogens with two attached hydrogens (primary N) is 2. The highest BCUT2D eigenvalue weighted by atomic mass is 32.2. The minimum Gasteiger partial charge on any atom is -0.491 e. The smallest absolute Gasteiger partial charge is 0.153 e. The lowest BCUT2D eigenvalue weighted by Gasteiger charge is -2.22. The average molecular weight is 547 g/mol. The number of hydrogen-bond donors (Lipinski definition) is 2. The molecule has 0 aromatic heterocycles. The number of rotatable bonds is 12. The predicted octanol–water partition coefficient (Wildman–Crippen LogP) is 7.75. The van der Waals surface area contributed by atoms with Gasteiger partial charge in [-0.3, -0.25) is 0 Å². The minimum atomic E-state index is 0.175. The molecule has 0 fully saturated rings. The summed E-state index contributed by atoms with van der Waals surface area (Å²) in [5, 5.41) is 20.5. The molecule has 38 heavy (non-hydrogen) atoms. The van der Waals surface area contributed by atoms with E-state index in [9.17, 15) is 10.5 Å². The van der Waals surface area contributed by atoms with Crippen molar-refractivity contribution in [3.8, 4) is 23.6 Å². The number of hydrogen-bond acceptors (Lipinski definition) is 8. The molecule has 8 heteroatoms. The summed E-state index contributed by atoms with van der Waals surface area (Å²) >= 11 is 2.87. The molecule has 0 aliphatic rings. The molecule has 3 rings (SSSR count). The van der Waals surface area contributed by atoms with E-state index in [2.05, 4.69) is 39.8 Å². The molecule has 0 bridgehead atoms. The van der Waals surface area contributed by atoms with Gasteiger partial charge < -0.3 is 20.9 Å². The molecular formula is C30H34N4O2S2. The van der Waals surface area contributed by atoms with Crippen LogP contribution in [0.3, 0.4) is 0 Å². The van der Waals surface area contributed by atoms with Gasteiger partial charge in [0.2, 0.25) is 0 Å². The van der Waals surface area contributed by atoms with Gasteiger partial charge in [0, 0.05) is 21.2 Å². The van der Waals surface area contributed by atoms with Crippen LogP contribution in [0, 0.1) is 34.5 Å². The summed E-state index contributed by atoms with van der Waals surface area (Å²) < 4.78 is 12.6. The number of ether oxygens (including phenoxy) is 2. The van der Waals surface area contributed by atoms with Crippen LogP contribution in [0.25, 0.3) is 0 Å². The molecule has 0 unspecified atom stereocenters. The molecule has 0 heterocycles. The Labute approximate surface area is 234 Å². The second-order valence-corrected chi connectivity index (χ2v) is 11.8. The fourth-order valence-corrected chi connectivity index (χ4v) is 5.65. The van der Waals surface area contributed by atoms with Crippen LogP contribution in [0.4, 0.5) is 11.4 Å². The lowest BCUT2D eigenvalue weighted by molar-refractivity contribution is 0.269. The van der Waals surface area contributed by atoms with Gasteiger partial charge in [-0.2, -0.15) is 10.5 Å². The number of nitrogens with zero attached hydrogens (tertiary/aromatic N) is 2. The Kier molecular flexibility index (Phi) is 10.6. The van der Waals surface area contributed by atoms with Crippen molar-refractivity contribution in [1.29, 1.82) is 10.5 Å². The maximum Gasteiger partial charge on any atom is 0.153 e. The van der Waals surface area contributed by atoms with Gasteiger partial charge in [-0.15, -0.1) is 0 Å². The monoisotopic (exact) mass is 546 g/mol. The van der Waals surface area contributed by atoms with Crippen molar-refractivity contribution in [1.82, 2.24) is 0 Å². The summed E-state index contributed by atoms with van der Waals surface area (Å²) in [5.41, 5.74) is 13.9. The van der Waals surface area contributed by atoms with Crippen LogP contribution < -0.4 is 20.9 Å². The van der Waals surface area contributed by atoms with Crippen molar-refractivity contribution in [2.24, 2.45) is 11.8 Å². The topological polar surface area (TPSA) is 118 Å². The zero-order valence-electron chi connectivity index (χ0n) is 22.3. The van der Waals surface area contributed by atoms with E-state index >= 15 is 0 Å². The fraction of sp³-hybridized carbons (Fsp3) is 0.333. The Hall–Kier alpha value is -3.46. The van der Waals surface area contributed by atoms with E-state index in [0.29, 0.717) is 57.7 Å². The third kappa shape index (κ3) is 7.54. The van der Waals surface area contributed by atoms with Crippen molar-refractivity contribution in [3.63, 3.8) is 0 Å². The first-order valence-corrected chi connectivity index (χ1v) is 14.2. The third-order valence-electron chi connectivity index (χ3n) is 5.66. The molecule has 0 amide bonds. The van der Waals surface area contributed by atoms with Crippen molar-refractivity contribution < 1.29 is 9.47 Å². The molecule has 0 aliphatic heterocycles. The highest BCUT2D eigenvalue weighted by Crippen LogP contribution is 2.53. The van der Waals surface area contributed by atoms with Crippen molar-refractivity contribution in [2.75, 3.05) is 24.7 Å². The van der Waals surface area contributed by atoms with Gasteiger partial charge in [0.05, 0.1) is 23.0 Å². The summed E-state index contributed by atoms with van der Waals surface area (Å²) in [6.07, 6.45) is 1.61. The zero-order valence-corrected chi connectivity index (χ0v) is 23.9. The number of anilines is 2. The first kappa shape index (κ1) is 29.1. The second kappa shape index (κ2) is 13.9. The van der Waals surface area contributed by atoms with Crippen LogP contribution in [0.5, 0.6) is 11.5 Å². The van der Waals surface area contributed by atoms with Crippen molar-refractivity contribution >= 4 is 34.9 Å². The van der Waals surface area contributed by atoms with Crippen LogP contribution in [0.15, 0.2) is 68.1 Å². The van der Waals surface area contributed by atoms with Crippen LogP contribution >= 0.6 is 23.5 Å².